The summed E-state index contributed by atoms with van der Waals surface area (Å²) in [7, 11) is 4.57. The molecule has 0 atom stereocenters. The third kappa shape index (κ3) is 3.06. The lowest BCUT2D eigenvalue weighted by Gasteiger charge is -2.14. The Labute approximate surface area is 150 Å². The standard InChI is InChI=1S/C19H18N2O5/c1-24-11-8-9-13(15(10-11)26-3)20-17-16(18(22)21-19(17)23)12-6-4-5-7-14(12)25-2/h4-10H,1-3H3,(H2,20,21,22,23). The molecule has 1 heterocycles. The van der Waals surface area contributed by atoms with E-state index in [1.165, 1.54) is 14.2 Å². The molecular formula is C19H18N2O5. The lowest BCUT2D eigenvalue weighted by molar-refractivity contribution is -0.123. The Morgan fingerprint density at radius 3 is 2.27 bits per heavy atom. The van der Waals surface area contributed by atoms with E-state index in [1.807, 2.05) is 0 Å². The maximum absolute atomic E-state index is 12.4. The number of rotatable bonds is 6. The van der Waals surface area contributed by atoms with Gasteiger partial charge in [0.05, 0.1) is 32.6 Å². The molecule has 1 aliphatic rings. The van der Waals surface area contributed by atoms with Crippen molar-refractivity contribution < 1.29 is 23.8 Å². The Kier molecular flexibility index (Phi) is 4.79. The van der Waals surface area contributed by atoms with Gasteiger partial charge in [-0.2, -0.15) is 0 Å². The van der Waals surface area contributed by atoms with Crippen LogP contribution in [0.4, 0.5) is 5.69 Å². The largest absolute Gasteiger partial charge is 0.497 e. The van der Waals surface area contributed by atoms with Crippen molar-refractivity contribution in [1.82, 2.24) is 5.32 Å². The molecule has 2 N–H and O–H groups in total. The normalized spacial score (nSPS) is 13.5. The number of amides is 2. The molecule has 26 heavy (non-hydrogen) atoms. The fraction of sp³-hybridized carbons (Fsp3) is 0.158. The third-order valence-corrected chi connectivity index (χ3v) is 3.98. The van der Waals surface area contributed by atoms with Gasteiger partial charge in [-0.15, -0.1) is 0 Å². The zero-order valence-electron chi connectivity index (χ0n) is 14.6. The van der Waals surface area contributed by atoms with Crippen molar-refractivity contribution in [2.45, 2.75) is 0 Å². The van der Waals surface area contributed by atoms with Crippen LogP contribution in [0.15, 0.2) is 48.2 Å². The second-order valence-electron chi connectivity index (χ2n) is 5.42. The first-order valence-electron chi connectivity index (χ1n) is 7.81. The molecule has 7 nitrogen and oxygen atoms in total. The van der Waals surface area contributed by atoms with Gasteiger partial charge in [-0.05, 0) is 18.2 Å². The van der Waals surface area contributed by atoms with Gasteiger partial charge in [0.15, 0.2) is 0 Å². The molecule has 1 aliphatic heterocycles. The number of methoxy groups -OCH3 is 3. The number of benzene rings is 2. The van der Waals surface area contributed by atoms with Gasteiger partial charge in [0.25, 0.3) is 11.8 Å². The highest BCUT2D eigenvalue weighted by atomic mass is 16.5. The van der Waals surface area contributed by atoms with E-state index in [1.54, 1.807) is 49.6 Å². The maximum atomic E-state index is 12.4. The van der Waals surface area contributed by atoms with Crippen molar-refractivity contribution in [2.24, 2.45) is 0 Å². The van der Waals surface area contributed by atoms with Crippen LogP contribution in [0.2, 0.25) is 0 Å². The first kappa shape index (κ1) is 17.3. The molecule has 2 aromatic rings. The second-order valence-corrected chi connectivity index (χ2v) is 5.42. The van der Waals surface area contributed by atoms with Crippen molar-refractivity contribution in [3.63, 3.8) is 0 Å². The van der Waals surface area contributed by atoms with E-state index in [0.717, 1.165) is 0 Å². The first-order valence-corrected chi connectivity index (χ1v) is 7.81. The summed E-state index contributed by atoms with van der Waals surface area (Å²) in [5, 5.41) is 5.31. The number of anilines is 1. The van der Waals surface area contributed by atoms with Gasteiger partial charge in [-0.3, -0.25) is 14.9 Å². The van der Waals surface area contributed by atoms with E-state index in [-0.39, 0.29) is 11.3 Å². The molecule has 134 valence electrons. The number of hydrogen-bond donors (Lipinski definition) is 2. The fourth-order valence-corrected chi connectivity index (χ4v) is 2.72. The van der Waals surface area contributed by atoms with Crippen molar-refractivity contribution >= 4 is 23.1 Å². The molecule has 0 fully saturated rings. The van der Waals surface area contributed by atoms with E-state index < -0.39 is 11.8 Å². The van der Waals surface area contributed by atoms with Crippen LogP contribution in [0.1, 0.15) is 5.56 Å². The molecule has 0 bridgehead atoms. The highest BCUT2D eigenvalue weighted by Crippen LogP contribution is 2.35. The highest BCUT2D eigenvalue weighted by molar-refractivity contribution is 6.37. The fourth-order valence-electron chi connectivity index (χ4n) is 2.72. The summed E-state index contributed by atoms with van der Waals surface area (Å²) in [6, 6.07) is 12.1. The average molecular weight is 354 g/mol. The van der Waals surface area contributed by atoms with E-state index in [4.69, 9.17) is 14.2 Å². The molecular weight excluding hydrogens is 336 g/mol. The number of para-hydroxylation sites is 1. The molecule has 0 spiro atoms. The summed E-state index contributed by atoms with van der Waals surface area (Å²) < 4.78 is 15.8. The minimum atomic E-state index is -0.520. The van der Waals surface area contributed by atoms with Gasteiger partial charge in [0.1, 0.15) is 22.9 Å². The van der Waals surface area contributed by atoms with Crippen LogP contribution < -0.4 is 24.8 Å². The van der Waals surface area contributed by atoms with Gasteiger partial charge in [-0.25, -0.2) is 0 Å². The van der Waals surface area contributed by atoms with Crippen molar-refractivity contribution in [1.29, 1.82) is 0 Å². The van der Waals surface area contributed by atoms with Crippen molar-refractivity contribution in [3.05, 3.63) is 53.7 Å². The monoisotopic (exact) mass is 354 g/mol. The topological polar surface area (TPSA) is 85.9 Å². The van der Waals surface area contributed by atoms with Gasteiger partial charge >= 0.3 is 0 Å². The maximum Gasteiger partial charge on any atom is 0.275 e. The van der Waals surface area contributed by atoms with Crippen LogP contribution in [0.25, 0.3) is 5.57 Å². The smallest absolute Gasteiger partial charge is 0.275 e. The van der Waals surface area contributed by atoms with Crippen LogP contribution >= 0.6 is 0 Å². The Morgan fingerprint density at radius 2 is 1.58 bits per heavy atom. The Hall–Kier alpha value is -3.48. The number of ether oxygens (including phenoxy) is 3. The summed E-state index contributed by atoms with van der Waals surface area (Å²) in [6.45, 7) is 0. The summed E-state index contributed by atoms with van der Waals surface area (Å²) in [6.07, 6.45) is 0. The predicted octanol–water partition coefficient (Wildman–Crippen LogP) is 2.19. The molecule has 0 saturated heterocycles. The van der Waals surface area contributed by atoms with Gasteiger partial charge in [-0.1, -0.05) is 18.2 Å². The van der Waals surface area contributed by atoms with Crippen molar-refractivity contribution in [2.75, 3.05) is 26.6 Å². The van der Waals surface area contributed by atoms with Crippen LogP contribution in [0, 0.1) is 0 Å². The minimum Gasteiger partial charge on any atom is -0.497 e. The predicted molar refractivity (Wildman–Crippen MR) is 96.2 cm³/mol. The summed E-state index contributed by atoms with van der Waals surface area (Å²) in [4.78, 5) is 24.7. The molecule has 0 saturated carbocycles. The van der Waals surface area contributed by atoms with Gasteiger partial charge < -0.3 is 19.5 Å². The lowest BCUT2D eigenvalue weighted by atomic mass is 10.0. The molecule has 0 aliphatic carbocycles. The van der Waals surface area contributed by atoms with E-state index in [0.29, 0.717) is 28.5 Å². The Bertz CT molecular complexity index is 905. The van der Waals surface area contributed by atoms with E-state index >= 15 is 0 Å². The molecule has 0 unspecified atom stereocenters. The molecule has 2 amide bonds. The first-order chi connectivity index (χ1) is 12.6. The number of hydrogen-bond acceptors (Lipinski definition) is 6. The molecule has 0 aromatic heterocycles. The Morgan fingerprint density at radius 1 is 0.846 bits per heavy atom. The quantitative estimate of drug-likeness (QED) is 0.774. The van der Waals surface area contributed by atoms with Gasteiger partial charge in [0, 0.05) is 11.6 Å². The van der Waals surface area contributed by atoms with E-state index in [2.05, 4.69) is 10.6 Å². The SMILES string of the molecule is COc1ccc(NC2=C(c3ccccc3OC)C(=O)NC2=O)c(OC)c1. The molecule has 0 radical (unpaired) electrons. The lowest BCUT2D eigenvalue weighted by Crippen LogP contribution is -2.24. The summed E-state index contributed by atoms with van der Waals surface area (Å²) >= 11 is 0. The van der Waals surface area contributed by atoms with Crippen LogP contribution in [-0.2, 0) is 9.59 Å². The van der Waals surface area contributed by atoms with Crippen molar-refractivity contribution in [3.8, 4) is 17.2 Å². The average Bonchev–Trinajstić information content (AvgIpc) is 2.95. The number of carbonyl (C=O) groups is 2. The van der Waals surface area contributed by atoms with Crippen LogP contribution in [0.3, 0.4) is 0 Å². The summed E-state index contributed by atoms with van der Waals surface area (Å²) in [5.74, 6) is 0.568. The number of imide groups is 1. The zero-order valence-corrected chi connectivity index (χ0v) is 14.6. The number of carbonyl (C=O) groups excluding carboxylic acids is 2. The molecule has 7 heteroatoms. The highest BCUT2D eigenvalue weighted by Gasteiger charge is 2.33. The number of nitrogens with one attached hydrogen (secondary N) is 2. The van der Waals surface area contributed by atoms with E-state index in [9.17, 15) is 9.59 Å². The third-order valence-electron chi connectivity index (χ3n) is 3.98. The van der Waals surface area contributed by atoms with Crippen LogP contribution in [-0.4, -0.2) is 33.1 Å². The second kappa shape index (κ2) is 7.18. The zero-order chi connectivity index (χ0) is 18.7. The molecule has 2 aromatic carbocycles. The Balaban J connectivity index is 2.10. The molecule has 3 rings (SSSR count). The minimum absolute atomic E-state index is 0.128. The summed E-state index contributed by atoms with van der Waals surface area (Å²) in [5.41, 5.74) is 1.39. The van der Waals surface area contributed by atoms with Gasteiger partial charge in [0.2, 0.25) is 0 Å². The van der Waals surface area contributed by atoms with Crippen LogP contribution in [0.5, 0.6) is 17.2 Å².